The molecule has 1 aliphatic rings. The van der Waals surface area contributed by atoms with Crippen molar-refractivity contribution in [1.82, 2.24) is 20.2 Å². The van der Waals surface area contributed by atoms with Crippen LogP contribution in [0.1, 0.15) is 18.9 Å². The van der Waals surface area contributed by atoms with E-state index in [2.05, 4.69) is 15.3 Å². The maximum Gasteiger partial charge on any atom is 0.317 e. The summed E-state index contributed by atoms with van der Waals surface area (Å²) in [4.78, 5) is 21.7. The van der Waals surface area contributed by atoms with Crippen molar-refractivity contribution in [2.24, 2.45) is 0 Å². The molecule has 1 saturated heterocycles. The first-order chi connectivity index (χ1) is 14.2. The quantitative estimate of drug-likeness (QED) is 0.644. The van der Waals surface area contributed by atoms with Gasteiger partial charge in [-0.3, -0.25) is 4.98 Å². The van der Waals surface area contributed by atoms with Gasteiger partial charge in [-0.2, -0.15) is 0 Å². The van der Waals surface area contributed by atoms with Crippen LogP contribution in [0, 0.1) is 0 Å². The van der Waals surface area contributed by atoms with E-state index in [0.717, 1.165) is 40.8 Å². The zero-order valence-corrected chi connectivity index (χ0v) is 16.6. The van der Waals surface area contributed by atoms with Crippen LogP contribution in [0.15, 0.2) is 48.9 Å². The Morgan fingerprint density at radius 2 is 2.28 bits per heavy atom. The number of aromatic nitrogens is 2. The summed E-state index contributed by atoms with van der Waals surface area (Å²) in [5, 5.41) is 4.12. The molecule has 0 saturated carbocycles. The highest BCUT2D eigenvalue weighted by atomic mass is 16.5. The predicted molar refractivity (Wildman–Crippen MR) is 111 cm³/mol. The van der Waals surface area contributed by atoms with Gasteiger partial charge in [0.25, 0.3) is 0 Å². The zero-order chi connectivity index (χ0) is 20.1. The van der Waals surface area contributed by atoms with Gasteiger partial charge in [0.05, 0.1) is 19.3 Å². The van der Waals surface area contributed by atoms with E-state index in [0.29, 0.717) is 26.2 Å². The van der Waals surface area contributed by atoms with Crippen molar-refractivity contribution in [1.29, 1.82) is 0 Å². The summed E-state index contributed by atoms with van der Waals surface area (Å²) >= 11 is 0. The fourth-order valence-electron chi connectivity index (χ4n) is 3.73. The first-order valence-electron chi connectivity index (χ1n) is 10.1. The van der Waals surface area contributed by atoms with Gasteiger partial charge in [0, 0.05) is 42.8 Å². The van der Waals surface area contributed by atoms with E-state index in [1.54, 1.807) is 12.4 Å². The van der Waals surface area contributed by atoms with Crippen molar-refractivity contribution >= 4 is 16.9 Å². The lowest BCUT2D eigenvalue weighted by atomic mass is 10.1. The number of nitrogens with zero attached hydrogens (tertiary/aromatic N) is 2. The van der Waals surface area contributed by atoms with Gasteiger partial charge in [0.2, 0.25) is 0 Å². The number of rotatable bonds is 7. The number of ether oxygens (including phenoxy) is 2. The van der Waals surface area contributed by atoms with Crippen LogP contribution in [0.3, 0.4) is 0 Å². The number of nitrogens with one attached hydrogen (secondary N) is 2. The molecule has 0 bridgehead atoms. The Labute approximate surface area is 170 Å². The molecule has 0 spiro atoms. The Balaban J connectivity index is 1.29. The van der Waals surface area contributed by atoms with Crippen LogP contribution >= 0.6 is 0 Å². The Kier molecular flexibility index (Phi) is 5.84. The molecule has 2 aromatic heterocycles. The summed E-state index contributed by atoms with van der Waals surface area (Å²) < 4.78 is 11.7. The number of likely N-dealkylation sites (tertiary alicyclic amines) is 1. The number of fused-ring (bicyclic) bond motifs is 1. The normalized spacial score (nSPS) is 16.2. The molecule has 0 radical (unpaired) electrons. The smallest absolute Gasteiger partial charge is 0.317 e. The van der Waals surface area contributed by atoms with Gasteiger partial charge in [0.1, 0.15) is 17.6 Å². The van der Waals surface area contributed by atoms with Gasteiger partial charge < -0.3 is 24.7 Å². The number of H-pyrrole nitrogens is 1. The van der Waals surface area contributed by atoms with E-state index < -0.39 is 0 Å². The first kappa shape index (κ1) is 19.1. The molecule has 1 fully saturated rings. The summed E-state index contributed by atoms with van der Waals surface area (Å²) in [6.45, 7) is 4.45. The lowest BCUT2D eigenvalue weighted by molar-refractivity contribution is 0.187. The molecule has 2 N–H and O–H groups in total. The minimum absolute atomic E-state index is 0.00678. The standard InChI is InChI=1S/C22H26N4O3/c1-2-28-20-7-3-6-19-21(20)16(13-25-19)8-11-24-22(27)26-12-9-18(15-26)29-17-5-4-10-23-14-17/h3-7,10,13-14,18,25H,2,8-9,11-12,15H2,1H3,(H,24,27)/t18-/m0/s1. The van der Waals surface area contributed by atoms with Gasteiger partial charge in [-0.05, 0) is 43.2 Å². The molecular weight excluding hydrogens is 368 g/mol. The van der Waals surface area contributed by atoms with Gasteiger partial charge in [-0.25, -0.2) is 4.79 Å². The number of aromatic amines is 1. The molecule has 7 heteroatoms. The Morgan fingerprint density at radius 3 is 3.10 bits per heavy atom. The fourth-order valence-corrected chi connectivity index (χ4v) is 3.73. The van der Waals surface area contributed by atoms with E-state index in [9.17, 15) is 4.79 Å². The molecule has 2 amide bonds. The van der Waals surface area contributed by atoms with Crippen LogP contribution in [0.25, 0.3) is 10.9 Å². The van der Waals surface area contributed by atoms with Crippen LogP contribution in [-0.4, -0.2) is 53.2 Å². The number of benzene rings is 1. The maximum absolute atomic E-state index is 12.5. The summed E-state index contributed by atoms with van der Waals surface area (Å²) in [5.41, 5.74) is 2.19. The SMILES string of the molecule is CCOc1cccc2[nH]cc(CCNC(=O)N3CC[C@H](Oc4cccnc4)C3)c12. The molecule has 3 heterocycles. The predicted octanol–water partition coefficient (Wildman–Crippen LogP) is 3.37. The highest BCUT2D eigenvalue weighted by molar-refractivity contribution is 5.89. The lowest BCUT2D eigenvalue weighted by Gasteiger charge is -2.18. The van der Waals surface area contributed by atoms with E-state index >= 15 is 0 Å². The summed E-state index contributed by atoms with van der Waals surface area (Å²) in [7, 11) is 0. The second-order valence-electron chi connectivity index (χ2n) is 7.07. The Bertz CT molecular complexity index is 957. The third-order valence-corrected chi connectivity index (χ3v) is 5.09. The van der Waals surface area contributed by atoms with Crippen LogP contribution in [-0.2, 0) is 6.42 Å². The second kappa shape index (κ2) is 8.86. The Morgan fingerprint density at radius 1 is 1.34 bits per heavy atom. The first-order valence-corrected chi connectivity index (χ1v) is 10.1. The molecule has 4 rings (SSSR count). The highest BCUT2D eigenvalue weighted by Crippen LogP contribution is 2.29. The molecule has 1 aliphatic heterocycles. The number of hydrogen-bond acceptors (Lipinski definition) is 4. The average molecular weight is 394 g/mol. The van der Waals surface area contributed by atoms with E-state index in [1.165, 1.54) is 0 Å². The monoisotopic (exact) mass is 394 g/mol. The largest absolute Gasteiger partial charge is 0.493 e. The molecule has 3 aromatic rings. The minimum atomic E-state index is -0.0489. The zero-order valence-electron chi connectivity index (χ0n) is 16.6. The average Bonchev–Trinajstić information content (AvgIpc) is 3.37. The molecule has 7 nitrogen and oxygen atoms in total. The van der Waals surface area contributed by atoms with Crippen LogP contribution in [0.4, 0.5) is 4.79 Å². The number of carbonyl (C=O) groups excluding carboxylic acids is 1. The second-order valence-corrected chi connectivity index (χ2v) is 7.07. The van der Waals surface area contributed by atoms with Crippen molar-refractivity contribution in [3.63, 3.8) is 0 Å². The Hall–Kier alpha value is -3.22. The number of hydrogen-bond donors (Lipinski definition) is 2. The molecule has 29 heavy (non-hydrogen) atoms. The molecule has 152 valence electrons. The fraction of sp³-hybridized carbons (Fsp3) is 0.364. The van der Waals surface area contributed by atoms with E-state index in [1.807, 2.05) is 48.4 Å². The maximum atomic E-state index is 12.5. The van der Waals surface area contributed by atoms with E-state index in [-0.39, 0.29) is 12.1 Å². The molecule has 0 aliphatic carbocycles. The molecule has 1 aromatic carbocycles. The number of pyridine rings is 1. The van der Waals surface area contributed by atoms with Crippen molar-refractivity contribution in [3.8, 4) is 11.5 Å². The number of urea groups is 1. The van der Waals surface area contributed by atoms with Crippen LogP contribution in [0.5, 0.6) is 11.5 Å². The van der Waals surface area contributed by atoms with Crippen molar-refractivity contribution in [3.05, 3.63) is 54.5 Å². The van der Waals surface area contributed by atoms with Gasteiger partial charge >= 0.3 is 6.03 Å². The summed E-state index contributed by atoms with van der Waals surface area (Å²) in [6, 6.07) is 9.67. The highest BCUT2D eigenvalue weighted by Gasteiger charge is 2.27. The van der Waals surface area contributed by atoms with Crippen molar-refractivity contribution in [2.45, 2.75) is 25.9 Å². The van der Waals surface area contributed by atoms with E-state index in [4.69, 9.17) is 9.47 Å². The van der Waals surface area contributed by atoms with Gasteiger partial charge in [-0.15, -0.1) is 0 Å². The third-order valence-electron chi connectivity index (χ3n) is 5.09. The number of carbonyl (C=O) groups is 1. The van der Waals surface area contributed by atoms with Crippen LogP contribution < -0.4 is 14.8 Å². The van der Waals surface area contributed by atoms with Crippen molar-refractivity contribution < 1.29 is 14.3 Å². The van der Waals surface area contributed by atoms with Crippen LogP contribution in [0.2, 0.25) is 0 Å². The van der Waals surface area contributed by atoms with Gasteiger partial charge in [0.15, 0.2) is 0 Å². The molecule has 0 unspecified atom stereocenters. The third kappa shape index (κ3) is 4.45. The van der Waals surface area contributed by atoms with Crippen molar-refractivity contribution in [2.75, 3.05) is 26.2 Å². The summed E-state index contributed by atoms with van der Waals surface area (Å²) in [6.07, 6.45) is 6.97. The lowest BCUT2D eigenvalue weighted by Crippen LogP contribution is -2.40. The molecule has 1 atom stereocenters. The topological polar surface area (TPSA) is 79.5 Å². The minimum Gasteiger partial charge on any atom is -0.493 e. The van der Waals surface area contributed by atoms with Gasteiger partial charge in [-0.1, -0.05) is 6.07 Å². The molecular formula is C22H26N4O3. The summed E-state index contributed by atoms with van der Waals surface area (Å²) in [5.74, 6) is 1.62. The number of amides is 2.